The lowest BCUT2D eigenvalue weighted by molar-refractivity contribution is -0.384. The minimum absolute atomic E-state index is 0.0715. The highest BCUT2D eigenvalue weighted by Gasteiger charge is 2.22. The third-order valence-electron chi connectivity index (χ3n) is 4.28. The van der Waals surface area contributed by atoms with Crippen LogP contribution in [0.5, 0.6) is 0 Å². The summed E-state index contributed by atoms with van der Waals surface area (Å²) in [5.41, 5.74) is 1.94. The number of rotatable bonds is 6. The maximum Gasteiger partial charge on any atom is 0.270 e. The normalized spacial score (nSPS) is 13.7. The fraction of sp³-hybridized carbons (Fsp3) is 0.333. The van der Waals surface area contributed by atoms with Gasteiger partial charge in [-0.2, -0.15) is 0 Å². The predicted molar refractivity (Wildman–Crippen MR) is 94.8 cm³/mol. The van der Waals surface area contributed by atoms with E-state index in [1.54, 1.807) is 12.3 Å². The van der Waals surface area contributed by atoms with Crippen LogP contribution >= 0.6 is 0 Å². The van der Waals surface area contributed by atoms with E-state index in [0.29, 0.717) is 18.5 Å². The minimum Gasteiger partial charge on any atom is -0.371 e. The van der Waals surface area contributed by atoms with Gasteiger partial charge in [0.2, 0.25) is 0 Å². The summed E-state index contributed by atoms with van der Waals surface area (Å²) in [7, 11) is 0. The second-order valence-electron chi connectivity index (χ2n) is 5.98. The van der Waals surface area contributed by atoms with Crippen molar-refractivity contribution in [3.63, 3.8) is 0 Å². The van der Waals surface area contributed by atoms with Crippen LogP contribution in [0, 0.1) is 10.1 Å². The number of benzene rings is 1. The number of non-ortho nitro benzene ring substituents is 1. The number of nitro benzene ring substituents is 1. The molecule has 1 fully saturated rings. The lowest BCUT2D eigenvalue weighted by atomic mass is 10.1. The molecule has 7 nitrogen and oxygen atoms in total. The first-order valence-electron chi connectivity index (χ1n) is 8.36. The molecule has 1 aliphatic heterocycles. The number of nitro groups is 1. The number of hydrogen-bond acceptors (Lipinski definition) is 5. The van der Waals surface area contributed by atoms with Gasteiger partial charge in [-0.25, -0.2) is 0 Å². The molecule has 1 amide bonds. The van der Waals surface area contributed by atoms with Gasteiger partial charge >= 0.3 is 0 Å². The fourth-order valence-electron chi connectivity index (χ4n) is 3.00. The van der Waals surface area contributed by atoms with Crippen molar-refractivity contribution in [1.29, 1.82) is 0 Å². The molecule has 0 bridgehead atoms. The largest absolute Gasteiger partial charge is 0.371 e. The van der Waals surface area contributed by atoms with E-state index in [-0.39, 0.29) is 11.6 Å². The average molecular weight is 340 g/mol. The quantitative estimate of drug-likeness (QED) is 0.645. The lowest BCUT2D eigenvalue weighted by Gasteiger charge is -2.20. The fourth-order valence-corrected chi connectivity index (χ4v) is 3.00. The zero-order valence-electron chi connectivity index (χ0n) is 13.9. The zero-order chi connectivity index (χ0) is 17.6. The average Bonchev–Trinajstić information content (AvgIpc) is 3.16. The highest BCUT2D eigenvalue weighted by molar-refractivity contribution is 6.00. The zero-order valence-corrected chi connectivity index (χ0v) is 13.9. The number of amides is 1. The van der Waals surface area contributed by atoms with E-state index in [2.05, 4.69) is 15.2 Å². The Morgan fingerprint density at radius 1 is 1.24 bits per heavy atom. The third-order valence-corrected chi connectivity index (χ3v) is 4.28. The molecule has 130 valence electrons. The van der Waals surface area contributed by atoms with E-state index in [9.17, 15) is 14.9 Å². The van der Waals surface area contributed by atoms with Gasteiger partial charge in [0.05, 0.1) is 16.2 Å². The second-order valence-corrected chi connectivity index (χ2v) is 5.98. The monoisotopic (exact) mass is 340 g/mol. The van der Waals surface area contributed by atoms with Gasteiger partial charge in [0, 0.05) is 50.1 Å². The van der Waals surface area contributed by atoms with Gasteiger partial charge in [0.25, 0.3) is 11.6 Å². The van der Waals surface area contributed by atoms with Crippen LogP contribution in [0.1, 0.15) is 28.9 Å². The second kappa shape index (κ2) is 7.74. The van der Waals surface area contributed by atoms with Crippen LogP contribution in [0.25, 0.3) is 0 Å². The summed E-state index contributed by atoms with van der Waals surface area (Å²) in [6.45, 7) is 2.16. The maximum absolute atomic E-state index is 12.6. The van der Waals surface area contributed by atoms with Gasteiger partial charge in [-0.1, -0.05) is 6.07 Å². The molecule has 1 aromatic heterocycles. The molecule has 0 spiro atoms. The third kappa shape index (κ3) is 4.12. The summed E-state index contributed by atoms with van der Waals surface area (Å²) < 4.78 is 0. The van der Waals surface area contributed by atoms with Crippen LogP contribution in [0.2, 0.25) is 0 Å². The van der Waals surface area contributed by atoms with Crippen LogP contribution in [-0.2, 0) is 6.42 Å². The van der Waals surface area contributed by atoms with Crippen molar-refractivity contribution < 1.29 is 9.72 Å². The molecule has 0 atom stereocenters. The molecule has 2 aromatic rings. The molecule has 2 heterocycles. The topological polar surface area (TPSA) is 88.4 Å². The predicted octanol–water partition coefficient (Wildman–Crippen LogP) is 2.56. The minimum atomic E-state index is -0.474. The molecular formula is C18H20N4O3. The van der Waals surface area contributed by atoms with E-state index in [1.807, 2.05) is 18.2 Å². The summed E-state index contributed by atoms with van der Waals surface area (Å²) in [4.78, 5) is 29.5. The first kappa shape index (κ1) is 16.9. The van der Waals surface area contributed by atoms with E-state index < -0.39 is 4.92 Å². The number of carbonyl (C=O) groups excluding carboxylic acids is 1. The van der Waals surface area contributed by atoms with Crippen molar-refractivity contribution in [2.45, 2.75) is 19.3 Å². The van der Waals surface area contributed by atoms with Crippen molar-refractivity contribution >= 4 is 17.3 Å². The van der Waals surface area contributed by atoms with E-state index in [4.69, 9.17) is 0 Å². The number of nitrogens with zero attached hydrogens (tertiary/aromatic N) is 3. The van der Waals surface area contributed by atoms with E-state index >= 15 is 0 Å². The first-order chi connectivity index (χ1) is 12.1. The molecule has 25 heavy (non-hydrogen) atoms. The van der Waals surface area contributed by atoms with Gasteiger partial charge in [-0.15, -0.1) is 0 Å². The van der Waals surface area contributed by atoms with Crippen LogP contribution in [0.15, 0.2) is 42.6 Å². The molecular weight excluding hydrogens is 320 g/mol. The standard InChI is InChI=1S/C18H20N4O3/c23-18(20-10-8-14-5-1-2-9-19-14)16-13-15(22(24)25)6-7-17(16)21-11-3-4-12-21/h1-2,5-7,9,13H,3-4,8,10-12H2,(H,20,23). The van der Waals surface area contributed by atoms with Gasteiger partial charge in [-0.05, 0) is 31.0 Å². The summed E-state index contributed by atoms with van der Waals surface area (Å²) >= 11 is 0. The van der Waals surface area contributed by atoms with Crippen LogP contribution < -0.4 is 10.2 Å². The molecule has 0 unspecified atom stereocenters. The van der Waals surface area contributed by atoms with E-state index in [0.717, 1.165) is 37.3 Å². The number of anilines is 1. The Balaban J connectivity index is 1.74. The summed E-state index contributed by atoms with van der Waals surface area (Å²) in [5, 5.41) is 13.9. The van der Waals surface area contributed by atoms with Crippen LogP contribution in [0.4, 0.5) is 11.4 Å². The van der Waals surface area contributed by atoms with Gasteiger partial charge in [-0.3, -0.25) is 19.9 Å². The SMILES string of the molecule is O=C(NCCc1ccccn1)c1cc([N+](=O)[O-])ccc1N1CCCC1. The van der Waals surface area contributed by atoms with Crippen molar-refractivity contribution in [3.05, 3.63) is 64.0 Å². The summed E-state index contributed by atoms with van der Waals surface area (Å²) in [6.07, 6.45) is 4.46. The van der Waals surface area contributed by atoms with Gasteiger partial charge in [0.1, 0.15) is 0 Å². The molecule has 0 saturated carbocycles. The maximum atomic E-state index is 12.6. The first-order valence-corrected chi connectivity index (χ1v) is 8.36. The lowest BCUT2D eigenvalue weighted by Crippen LogP contribution is -2.29. The molecule has 0 radical (unpaired) electrons. The number of carbonyl (C=O) groups is 1. The van der Waals surface area contributed by atoms with Gasteiger partial charge in [0.15, 0.2) is 0 Å². The Labute approximate surface area is 145 Å². The molecule has 3 rings (SSSR count). The van der Waals surface area contributed by atoms with E-state index in [1.165, 1.54) is 12.1 Å². The van der Waals surface area contributed by atoms with Crippen molar-refractivity contribution in [1.82, 2.24) is 10.3 Å². The molecule has 7 heteroatoms. The molecule has 1 N–H and O–H groups in total. The summed E-state index contributed by atoms with van der Waals surface area (Å²) in [6, 6.07) is 10.1. The molecule has 1 saturated heterocycles. The number of pyridine rings is 1. The number of aromatic nitrogens is 1. The molecule has 0 aliphatic carbocycles. The molecule has 1 aromatic carbocycles. The Kier molecular flexibility index (Phi) is 5.23. The molecule has 1 aliphatic rings. The van der Waals surface area contributed by atoms with Crippen molar-refractivity contribution in [3.8, 4) is 0 Å². The smallest absolute Gasteiger partial charge is 0.270 e. The van der Waals surface area contributed by atoms with Crippen LogP contribution in [0.3, 0.4) is 0 Å². The summed E-state index contributed by atoms with van der Waals surface area (Å²) in [5.74, 6) is -0.290. The van der Waals surface area contributed by atoms with Crippen molar-refractivity contribution in [2.75, 3.05) is 24.5 Å². The Morgan fingerprint density at radius 3 is 2.72 bits per heavy atom. The van der Waals surface area contributed by atoms with Crippen molar-refractivity contribution in [2.24, 2.45) is 0 Å². The Morgan fingerprint density at radius 2 is 2.04 bits per heavy atom. The highest BCUT2D eigenvalue weighted by atomic mass is 16.6. The number of nitrogens with one attached hydrogen (secondary N) is 1. The highest BCUT2D eigenvalue weighted by Crippen LogP contribution is 2.28. The van der Waals surface area contributed by atoms with Gasteiger partial charge < -0.3 is 10.2 Å². The van der Waals surface area contributed by atoms with Crippen LogP contribution in [-0.4, -0.2) is 35.4 Å². The number of hydrogen-bond donors (Lipinski definition) is 1. The Bertz CT molecular complexity index is 758. The Hall–Kier alpha value is -2.96.